The monoisotopic (exact) mass is 589 g/mol. The van der Waals surface area contributed by atoms with E-state index in [1.807, 2.05) is 18.9 Å². The lowest BCUT2D eigenvalue weighted by atomic mass is 9.99. The molecule has 5 atom stereocenters. The highest BCUT2D eigenvalue weighted by molar-refractivity contribution is 14.1. The van der Waals surface area contributed by atoms with Gasteiger partial charge in [0, 0.05) is 51.4 Å². The van der Waals surface area contributed by atoms with Gasteiger partial charge in [0.2, 0.25) is 5.91 Å². The normalized spacial score (nSPS) is 27.4. The molecule has 2 saturated heterocycles. The van der Waals surface area contributed by atoms with Crippen LogP contribution in [0.5, 0.6) is 0 Å². The summed E-state index contributed by atoms with van der Waals surface area (Å²) in [4.78, 5) is 16.7. The predicted molar refractivity (Wildman–Crippen MR) is 141 cm³/mol. The van der Waals surface area contributed by atoms with Crippen molar-refractivity contribution in [3.8, 4) is 0 Å². The number of methoxy groups -OCH3 is 1. The number of carbonyl (C=O) groups excluding carboxylic acids is 1. The number of nitrogens with zero attached hydrogens (tertiary/aromatic N) is 2. The maximum Gasteiger partial charge on any atom is 0.221 e. The molecule has 1 aromatic rings. The Morgan fingerprint density at radius 2 is 2.09 bits per heavy atom. The van der Waals surface area contributed by atoms with E-state index in [4.69, 9.17) is 12.5 Å². The second kappa shape index (κ2) is 13.9. The van der Waals surface area contributed by atoms with Crippen LogP contribution in [-0.2, 0) is 23.8 Å². The number of carbonyl (C=O) groups is 1. The molecule has 0 aliphatic carbocycles. The lowest BCUT2D eigenvalue weighted by Gasteiger charge is -2.41. The molecule has 2 unspecified atom stereocenters. The molecule has 0 aromatic heterocycles. The van der Waals surface area contributed by atoms with Crippen molar-refractivity contribution in [3.63, 3.8) is 0 Å². The molecule has 2 N–H and O–H groups in total. The highest BCUT2D eigenvalue weighted by Crippen LogP contribution is 2.26. The number of hydrogen-bond donors (Lipinski definition) is 2. The average molecular weight is 590 g/mol. The fraction of sp³-hybridized carbons (Fsp3) is 0.720. The van der Waals surface area contributed by atoms with Crippen molar-refractivity contribution in [3.05, 3.63) is 29.8 Å². The Bertz CT molecular complexity index is 753. The van der Waals surface area contributed by atoms with Crippen molar-refractivity contribution in [1.29, 1.82) is 0 Å². The van der Waals surface area contributed by atoms with Crippen LogP contribution < -0.4 is 10.2 Å². The summed E-state index contributed by atoms with van der Waals surface area (Å²) < 4.78 is 16.3. The van der Waals surface area contributed by atoms with Crippen molar-refractivity contribution >= 4 is 34.6 Å². The minimum Gasteiger partial charge on any atom is -0.386 e. The summed E-state index contributed by atoms with van der Waals surface area (Å²) in [7, 11) is 3.72. The van der Waals surface area contributed by atoms with E-state index >= 15 is 0 Å². The summed E-state index contributed by atoms with van der Waals surface area (Å²) in [5, 5.41) is 13.5. The zero-order valence-electron chi connectivity index (χ0n) is 20.6. The molecule has 2 aliphatic heterocycles. The van der Waals surface area contributed by atoms with Gasteiger partial charge >= 0.3 is 0 Å². The molecule has 2 fully saturated rings. The topological polar surface area (TPSA) is 83.5 Å². The van der Waals surface area contributed by atoms with E-state index in [1.165, 1.54) is 11.3 Å². The number of likely N-dealkylation sites (N-methyl/N-ethyl adjacent to an activating group) is 1. The van der Waals surface area contributed by atoms with E-state index in [1.54, 1.807) is 30.1 Å². The number of amides is 1. The maximum atomic E-state index is 12.3. The Morgan fingerprint density at radius 1 is 1.32 bits per heavy atom. The van der Waals surface area contributed by atoms with E-state index in [-0.39, 0.29) is 18.1 Å². The van der Waals surface area contributed by atoms with Gasteiger partial charge in [-0.2, -0.15) is 0 Å². The molecule has 3 rings (SSSR count). The average Bonchev–Trinajstić information content (AvgIpc) is 3.33. The van der Waals surface area contributed by atoms with Gasteiger partial charge in [-0.1, -0.05) is 12.1 Å². The molecule has 0 saturated carbocycles. The number of ether oxygens (including phenoxy) is 2. The highest BCUT2D eigenvalue weighted by Gasteiger charge is 2.38. The van der Waals surface area contributed by atoms with Gasteiger partial charge in [0.05, 0.1) is 12.2 Å². The summed E-state index contributed by atoms with van der Waals surface area (Å²) in [6, 6.07) is 8.74. The predicted octanol–water partition coefficient (Wildman–Crippen LogP) is 2.90. The van der Waals surface area contributed by atoms with Crippen molar-refractivity contribution in [1.82, 2.24) is 10.2 Å². The lowest BCUT2D eigenvalue weighted by molar-refractivity contribution is -0.206. The molecule has 8 nitrogen and oxygen atoms in total. The zero-order chi connectivity index (χ0) is 24.5. The number of nitrogens with one attached hydrogen (secondary N) is 1. The van der Waals surface area contributed by atoms with Gasteiger partial charge in [-0.3, -0.25) is 7.86 Å². The van der Waals surface area contributed by atoms with E-state index in [9.17, 15) is 9.90 Å². The molecule has 192 valence electrons. The van der Waals surface area contributed by atoms with Crippen molar-refractivity contribution < 1.29 is 22.4 Å². The molecule has 1 amide bonds. The third kappa shape index (κ3) is 8.03. The summed E-state index contributed by atoms with van der Waals surface area (Å²) >= 11 is 1.76. The second-order valence-corrected chi connectivity index (χ2v) is 10.0. The molecule has 2 aliphatic rings. The molecule has 34 heavy (non-hydrogen) atoms. The van der Waals surface area contributed by atoms with Crippen molar-refractivity contribution in [2.24, 2.45) is 0 Å². The fourth-order valence-electron chi connectivity index (χ4n) is 4.78. The Labute approximate surface area is 218 Å². The van der Waals surface area contributed by atoms with Crippen LogP contribution in [0.25, 0.3) is 0 Å². The van der Waals surface area contributed by atoms with Gasteiger partial charge in [-0.25, -0.2) is 0 Å². The van der Waals surface area contributed by atoms with E-state index in [0.717, 1.165) is 38.8 Å². The number of benzene rings is 1. The summed E-state index contributed by atoms with van der Waals surface area (Å²) in [5.74, 6) is 0.0486. The van der Waals surface area contributed by atoms with Crippen LogP contribution in [-0.4, -0.2) is 86.9 Å². The lowest BCUT2D eigenvalue weighted by Crippen LogP contribution is -2.54. The second-order valence-electron chi connectivity index (χ2n) is 9.49. The molecule has 2 heterocycles. The number of aryl methyl sites for hydroxylation is 1. The Hall–Kier alpha value is -0.980. The van der Waals surface area contributed by atoms with Crippen LogP contribution in [0, 0.1) is 0 Å². The Morgan fingerprint density at radius 3 is 2.76 bits per heavy atom. The molecular weight excluding hydrogens is 549 g/mol. The minimum absolute atomic E-state index is 0.00359. The van der Waals surface area contributed by atoms with Crippen LogP contribution in [0.1, 0.15) is 44.6 Å². The van der Waals surface area contributed by atoms with Crippen LogP contribution in [0.4, 0.5) is 5.69 Å². The standard InChI is InChI=1S/C25H40IN3O5/c1-18-16-22(24(31)25(33-18)34-26)28(2)14-12-23(30)27-13-5-4-6-19-7-9-20(10-8-19)29-15-11-21(17-29)32-3/h7-10,18,21-22,24-25,31H,4-6,11-17H2,1-3H3,(H,27,30)/t18?,21?,22-,24+,25-/m0/s1. The van der Waals surface area contributed by atoms with E-state index < -0.39 is 12.4 Å². The van der Waals surface area contributed by atoms with E-state index in [0.29, 0.717) is 32.0 Å². The number of rotatable bonds is 12. The van der Waals surface area contributed by atoms with Crippen LogP contribution in [0.3, 0.4) is 0 Å². The van der Waals surface area contributed by atoms with Crippen molar-refractivity contribution in [2.45, 2.75) is 76.1 Å². The van der Waals surface area contributed by atoms with Gasteiger partial charge in [-0.05, 0) is 63.8 Å². The zero-order valence-corrected chi connectivity index (χ0v) is 22.8. The molecule has 9 heteroatoms. The van der Waals surface area contributed by atoms with Gasteiger partial charge in [-0.15, -0.1) is 0 Å². The Balaban J connectivity index is 1.28. The van der Waals surface area contributed by atoms with Crippen LogP contribution in [0.15, 0.2) is 24.3 Å². The highest BCUT2D eigenvalue weighted by atomic mass is 127. The molecule has 0 radical (unpaired) electrons. The first-order chi connectivity index (χ1) is 16.4. The molecule has 0 bridgehead atoms. The van der Waals surface area contributed by atoms with Crippen molar-refractivity contribution in [2.75, 3.05) is 45.2 Å². The van der Waals surface area contributed by atoms with Crippen LogP contribution >= 0.6 is 23.0 Å². The number of aliphatic hydroxyl groups excluding tert-OH is 1. The number of halogens is 1. The molecule has 1 aromatic carbocycles. The number of hydrogen-bond acceptors (Lipinski definition) is 7. The SMILES string of the molecule is COC1CCN(c2ccc(CCCCNC(=O)CCN(C)[C@H]3CC(C)O[C@@H](OI)[C@@H]3O)cc2)C1. The third-order valence-corrected chi connectivity index (χ3v) is 7.45. The van der Waals surface area contributed by atoms with E-state index in [2.05, 4.69) is 34.5 Å². The van der Waals surface area contributed by atoms with Gasteiger partial charge in [0.25, 0.3) is 0 Å². The first-order valence-electron chi connectivity index (χ1n) is 12.4. The van der Waals surface area contributed by atoms with Crippen LogP contribution in [0.2, 0.25) is 0 Å². The molecular formula is C25H40IN3O5. The van der Waals surface area contributed by atoms with Gasteiger partial charge < -0.3 is 29.7 Å². The number of anilines is 1. The maximum absolute atomic E-state index is 12.3. The summed E-state index contributed by atoms with van der Waals surface area (Å²) in [5.41, 5.74) is 2.60. The Kier molecular flexibility index (Phi) is 11.3. The fourth-order valence-corrected chi connectivity index (χ4v) is 5.20. The van der Waals surface area contributed by atoms with Gasteiger partial charge in [0.1, 0.15) is 29.1 Å². The summed E-state index contributed by atoms with van der Waals surface area (Å²) in [6.07, 6.45) is 4.20. The molecule has 0 spiro atoms. The third-order valence-electron chi connectivity index (χ3n) is 6.95. The first-order valence-corrected chi connectivity index (χ1v) is 13.2. The van der Waals surface area contributed by atoms with Gasteiger partial charge in [0.15, 0.2) is 6.29 Å². The largest absolute Gasteiger partial charge is 0.386 e. The quantitative estimate of drug-likeness (QED) is 0.287. The summed E-state index contributed by atoms with van der Waals surface area (Å²) in [6.45, 7) is 5.27. The smallest absolute Gasteiger partial charge is 0.221 e. The first kappa shape index (κ1) is 27.6. The number of unbranched alkanes of at least 4 members (excludes halogenated alkanes) is 1. The minimum atomic E-state index is -0.729. The number of aliphatic hydroxyl groups is 1.